The molecule has 108 valence electrons. The van der Waals surface area contributed by atoms with E-state index in [2.05, 4.69) is 35.5 Å². The fourth-order valence-electron chi connectivity index (χ4n) is 2.18. The molecule has 0 spiro atoms. The third-order valence-electron chi connectivity index (χ3n) is 3.16. The highest BCUT2D eigenvalue weighted by Gasteiger charge is 2.10. The molecule has 0 aliphatic rings. The lowest BCUT2D eigenvalue weighted by molar-refractivity contribution is -0.117. The normalized spacial score (nSPS) is 12.3. The van der Waals surface area contributed by atoms with Crippen LogP contribution in [0.1, 0.15) is 24.5 Å². The van der Waals surface area contributed by atoms with Crippen LogP contribution in [0.3, 0.4) is 0 Å². The fourth-order valence-corrected chi connectivity index (χ4v) is 3.31. The van der Waals surface area contributed by atoms with Crippen molar-refractivity contribution in [2.24, 2.45) is 4.99 Å². The van der Waals surface area contributed by atoms with Crippen LogP contribution in [0, 0.1) is 13.8 Å². The van der Waals surface area contributed by atoms with Gasteiger partial charge in [-0.15, -0.1) is 0 Å². The monoisotopic (exact) mass is 292 g/mol. The molecule has 0 bridgehead atoms. The predicted molar refractivity (Wildman–Crippen MR) is 82.0 cm³/mol. The van der Waals surface area contributed by atoms with Gasteiger partial charge in [-0.25, -0.2) is 0 Å². The number of carbonyl (C=O) groups is 1. The Kier molecular flexibility index (Phi) is 4.73. The maximum atomic E-state index is 11.6. The summed E-state index contributed by atoms with van der Waals surface area (Å²) >= 11 is 1.57. The standard InChI is InChI=1S/C15H20N2O2S/c1-5-13(18)16-15-17(6-7-19-4)12-9-10(2)8-11(3)14(12)20-15/h8-9H,5-7H2,1-4H3. The van der Waals surface area contributed by atoms with Crippen molar-refractivity contribution >= 4 is 27.5 Å². The molecule has 0 fully saturated rings. The average Bonchev–Trinajstić information content (AvgIpc) is 2.74. The number of aromatic nitrogens is 1. The first-order chi connectivity index (χ1) is 9.56. The van der Waals surface area contributed by atoms with Gasteiger partial charge in [0.1, 0.15) is 0 Å². The molecule has 0 aliphatic carbocycles. The topological polar surface area (TPSA) is 43.6 Å². The van der Waals surface area contributed by atoms with Gasteiger partial charge in [0.25, 0.3) is 0 Å². The number of amides is 1. The number of aryl methyl sites for hydroxylation is 2. The van der Waals surface area contributed by atoms with Crippen molar-refractivity contribution < 1.29 is 9.53 Å². The molecular formula is C15H20N2O2S. The van der Waals surface area contributed by atoms with Crippen molar-refractivity contribution in [1.82, 2.24) is 4.57 Å². The number of nitrogens with zero attached hydrogens (tertiary/aromatic N) is 2. The smallest absolute Gasteiger partial charge is 0.248 e. The van der Waals surface area contributed by atoms with Crippen molar-refractivity contribution in [3.05, 3.63) is 28.1 Å². The molecule has 2 aromatic rings. The van der Waals surface area contributed by atoms with Gasteiger partial charge in [-0.3, -0.25) is 4.79 Å². The van der Waals surface area contributed by atoms with E-state index in [4.69, 9.17) is 4.74 Å². The number of ether oxygens (including phenoxy) is 1. The molecule has 0 aliphatic heterocycles. The molecule has 0 N–H and O–H groups in total. The Hall–Kier alpha value is -1.46. The van der Waals surface area contributed by atoms with Gasteiger partial charge >= 0.3 is 0 Å². The Morgan fingerprint density at radius 2 is 2.15 bits per heavy atom. The van der Waals surface area contributed by atoms with Crippen molar-refractivity contribution in [3.8, 4) is 0 Å². The maximum absolute atomic E-state index is 11.6. The van der Waals surface area contributed by atoms with Gasteiger partial charge in [-0.1, -0.05) is 24.3 Å². The molecule has 0 radical (unpaired) electrons. The largest absolute Gasteiger partial charge is 0.383 e. The highest BCUT2D eigenvalue weighted by molar-refractivity contribution is 7.16. The van der Waals surface area contributed by atoms with Crippen molar-refractivity contribution in [3.63, 3.8) is 0 Å². The lowest BCUT2D eigenvalue weighted by Gasteiger charge is -2.05. The van der Waals surface area contributed by atoms with E-state index in [0.29, 0.717) is 19.6 Å². The molecule has 1 amide bonds. The molecule has 1 aromatic carbocycles. The summed E-state index contributed by atoms with van der Waals surface area (Å²) in [6, 6.07) is 4.30. The summed E-state index contributed by atoms with van der Waals surface area (Å²) in [6.45, 7) is 7.31. The lowest BCUT2D eigenvalue weighted by atomic mass is 10.1. The molecule has 0 atom stereocenters. The second-order valence-electron chi connectivity index (χ2n) is 4.82. The van der Waals surface area contributed by atoms with Gasteiger partial charge in [-0.05, 0) is 31.0 Å². The zero-order chi connectivity index (χ0) is 14.7. The number of hydrogen-bond acceptors (Lipinski definition) is 3. The van der Waals surface area contributed by atoms with E-state index in [1.807, 2.05) is 6.92 Å². The van der Waals surface area contributed by atoms with E-state index in [1.54, 1.807) is 18.4 Å². The summed E-state index contributed by atoms with van der Waals surface area (Å²) in [4.78, 5) is 16.6. The second kappa shape index (κ2) is 6.33. The summed E-state index contributed by atoms with van der Waals surface area (Å²) in [5.41, 5.74) is 3.57. The zero-order valence-electron chi connectivity index (χ0n) is 12.4. The fraction of sp³-hybridized carbons (Fsp3) is 0.467. The lowest BCUT2D eigenvalue weighted by Crippen LogP contribution is -2.19. The summed E-state index contributed by atoms with van der Waals surface area (Å²) in [6.07, 6.45) is 0.427. The predicted octanol–water partition coefficient (Wildman–Crippen LogP) is 2.80. The SMILES string of the molecule is CCC(=O)N=c1sc2c(C)cc(C)cc2n1CCOC. The molecule has 20 heavy (non-hydrogen) atoms. The number of methoxy groups -OCH3 is 1. The van der Waals surface area contributed by atoms with E-state index in [9.17, 15) is 4.79 Å². The van der Waals surface area contributed by atoms with Gasteiger partial charge in [0.2, 0.25) is 5.91 Å². The van der Waals surface area contributed by atoms with Gasteiger partial charge in [-0.2, -0.15) is 4.99 Å². The van der Waals surface area contributed by atoms with E-state index < -0.39 is 0 Å². The number of benzene rings is 1. The molecule has 1 heterocycles. The summed E-state index contributed by atoms with van der Waals surface area (Å²) in [5.74, 6) is -0.0860. The van der Waals surface area contributed by atoms with Gasteiger partial charge in [0.05, 0.1) is 16.8 Å². The van der Waals surface area contributed by atoms with Crippen LogP contribution in [0.4, 0.5) is 0 Å². The maximum Gasteiger partial charge on any atom is 0.248 e. The van der Waals surface area contributed by atoms with Crippen LogP contribution in [0.5, 0.6) is 0 Å². The minimum Gasteiger partial charge on any atom is -0.383 e. The van der Waals surface area contributed by atoms with E-state index in [1.165, 1.54) is 15.8 Å². The zero-order valence-corrected chi connectivity index (χ0v) is 13.2. The molecule has 2 rings (SSSR count). The molecule has 1 aromatic heterocycles. The van der Waals surface area contributed by atoms with Crippen LogP contribution in [0.15, 0.2) is 17.1 Å². The molecule has 4 nitrogen and oxygen atoms in total. The molecule has 5 heteroatoms. The Bertz CT molecular complexity index is 698. The quantitative estimate of drug-likeness (QED) is 0.869. The Morgan fingerprint density at radius 3 is 2.80 bits per heavy atom. The van der Waals surface area contributed by atoms with E-state index in [0.717, 1.165) is 10.3 Å². The minimum absolute atomic E-state index is 0.0860. The summed E-state index contributed by atoms with van der Waals surface area (Å²) in [5, 5.41) is 0. The highest BCUT2D eigenvalue weighted by Crippen LogP contribution is 2.23. The number of rotatable bonds is 4. The first-order valence-electron chi connectivity index (χ1n) is 6.74. The van der Waals surface area contributed by atoms with Gasteiger partial charge < -0.3 is 9.30 Å². The van der Waals surface area contributed by atoms with Crippen LogP contribution in [0.25, 0.3) is 10.2 Å². The van der Waals surface area contributed by atoms with Crippen LogP contribution in [-0.4, -0.2) is 24.2 Å². The van der Waals surface area contributed by atoms with Gasteiger partial charge in [0.15, 0.2) is 4.80 Å². The van der Waals surface area contributed by atoms with Crippen LogP contribution >= 0.6 is 11.3 Å². The van der Waals surface area contributed by atoms with Crippen molar-refractivity contribution in [2.45, 2.75) is 33.7 Å². The summed E-state index contributed by atoms with van der Waals surface area (Å²) in [7, 11) is 1.68. The first-order valence-corrected chi connectivity index (χ1v) is 7.55. The minimum atomic E-state index is -0.0860. The second-order valence-corrected chi connectivity index (χ2v) is 5.80. The molecule has 0 unspecified atom stereocenters. The van der Waals surface area contributed by atoms with Gasteiger partial charge in [0, 0.05) is 20.1 Å². The van der Waals surface area contributed by atoms with Crippen molar-refractivity contribution in [2.75, 3.05) is 13.7 Å². The van der Waals surface area contributed by atoms with Crippen molar-refractivity contribution in [1.29, 1.82) is 0 Å². The highest BCUT2D eigenvalue weighted by atomic mass is 32.1. The Balaban J connectivity index is 2.70. The molecular weight excluding hydrogens is 272 g/mol. The third-order valence-corrected chi connectivity index (χ3v) is 4.39. The van der Waals surface area contributed by atoms with E-state index >= 15 is 0 Å². The number of thiazole rings is 1. The molecule has 0 saturated carbocycles. The first kappa shape index (κ1) is 14.9. The number of hydrogen-bond donors (Lipinski definition) is 0. The van der Waals surface area contributed by atoms with Crippen LogP contribution in [0.2, 0.25) is 0 Å². The van der Waals surface area contributed by atoms with E-state index in [-0.39, 0.29) is 5.91 Å². The number of carbonyl (C=O) groups excluding carboxylic acids is 1. The summed E-state index contributed by atoms with van der Waals surface area (Å²) < 4.78 is 8.44. The van der Waals surface area contributed by atoms with Crippen LogP contribution in [-0.2, 0) is 16.1 Å². The average molecular weight is 292 g/mol. The Labute approximate surface area is 122 Å². The van der Waals surface area contributed by atoms with Crippen LogP contribution < -0.4 is 4.80 Å². The molecule has 0 saturated heterocycles. The third kappa shape index (κ3) is 2.99. The number of fused-ring (bicyclic) bond motifs is 1. The Morgan fingerprint density at radius 1 is 1.40 bits per heavy atom.